The Balaban J connectivity index is 1.17. The molecule has 0 aliphatic rings. The highest BCUT2D eigenvalue weighted by Crippen LogP contribution is 2.46. The van der Waals surface area contributed by atoms with Gasteiger partial charge in [0.2, 0.25) is 0 Å². The van der Waals surface area contributed by atoms with Gasteiger partial charge in [-0.15, -0.1) is 11.3 Å². The summed E-state index contributed by atoms with van der Waals surface area (Å²) in [6.07, 6.45) is 0. The molecular weight excluding hydrogens is 615 g/mol. The van der Waals surface area contributed by atoms with Crippen LogP contribution in [0.15, 0.2) is 180 Å². The van der Waals surface area contributed by atoms with Gasteiger partial charge < -0.3 is 9.32 Å². The first-order valence-corrected chi connectivity index (χ1v) is 17.4. The van der Waals surface area contributed by atoms with Gasteiger partial charge in [-0.3, -0.25) is 0 Å². The van der Waals surface area contributed by atoms with Gasteiger partial charge >= 0.3 is 0 Å². The number of hydrogen-bond donors (Lipinski definition) is 0. The van der Waals surface area contributed by atoms with Crippen molar-refractivity contribution in [2.45, 2.75) is 0 Å². The molecule has 10 rings (SSSR count). The largest absolute Gasteiger partial charge is 0.455 e. The van der Waals surface area contributed by atoms with E-state index in [1.165, 1.54) is 42.4 Å². The van der Waals surface area contributed by atoms with Crippen LogP contribution in [0.1, 0.15) is 0 Å². The summed E-state index contributed by atoms with van der Waals surface area (Å²) >= 11 is 1.87. The van der Waals surface area contributed by atoms with Gasteiger partial charge in [-0.1, -0.05) is 133 Å². The van der Waals surface area contributed by atoms with Crippen LogP contribution in [0.3, 0.4) is 0 Å². The Morgan fingerprint density at radius 1 is 0.408 bits per heavy atom. The highest BCUT2D eigenvalue weighted by atomic mass is 32.1. The molecule has 0 radical (unpaired) electrons. The van der Waals surface area contributed by atoms with E-state index < -0.39 is 0 Å². The number of rotatable bonds is 5. The molecule has 10 aromatic rings. The molecule has 2 nitrogen and oxygen atoms in total. The van der Waals surface area contributed by atoms with Crippen molar-refractivity contribution in [3.63, 3.8) is 0 Å². The minimum atomic E-state index is 0.901. The number of para-hydroxylation sites is 1. The fourth-order valence-corrected chi connectivity index (χ4v) is 8.58. The van der Waals surface area contributed by atoms with E-state index in [1.54, 1.807) is 0 Å². The molecule has 8 aromatic carbocycles. The fourth-order valence-electron chi connectivity index (χ4n) is 7.34. The van der Waals surface area contributed by atoms with Gasteiger partial charge in [0.15, 0.2) is 0 Å². The molecule has 0 unspecified atom stereocenters. The van der Waals surface area contributed by atoms with Crippen LogP contribution in [-0.2, 0) is 0 Å². The summed E-state index contributed by atoms with van der Waals surface area (Å²) in [5.74, 6) is 0. The van der Waals surface area contributed by atoms with Gasteiger partial charge in [-0.05, 0) is 64.7 Å². The second kappa shape index (κ2) is 11.2. The molecule has 0 aliphatic heterocycles. The first kappa shape index (κ1) is 27.9. The topological polar surface area (TPSA) is 16.4 Å². The third-order valence-electron chi connectivity index (χ3n) is 9.68. The van der Waals surface area contributed by atoms with E-state index in [-0.39, 0.29) is 0 Å². The van der Waals surface area contributed by atoms with E-state index in [0.29, 0.717) is 0 Å². The number of furan rings is 1. The Hall–Kier alpha value is -6.16. The minimum Gasteiger partial charge on any atom is -0.455 e. The van der Waals surface area contributed by atoms with Crippen molar-refractivity contribution in [3.05, 3.63) is 176 Å². The van der Waals surface area contributed by atoms with E-state index in [1.807, 2.05) is 17.4 Å². The van der Waals surface area contributed by atoms with E-state index in [0.717, 1.165) is 49.8 Å². The van der Waals surface area contributed by atoms with Crippen molar-refractivity contribution in [1.29, 1.82) is 0 Å². The average Bonchev–Trinajstić information content (AvgIpc) is 3.75. The lowest BCUT2D eigenvalue weighted by Gasteiger charge is -2.27. The minimum absolute atomic E-state index is 0.901. The van der Waals surface area contributed by atoms with Gasteiger partial charge in [0.1, 0.15) is 11.2 Å². The fraction of sp³-hybridized carbons (Fsp3) is 0. The predicted octanol–water partition coefficient (Wildman–Crippen LogP) is 13.9. The second-order valence-electron chi connectivity index (χ2n) is 12.5. The number of nitrogens with zero attached hydrogens (tertiary/aromatic N) is 1. The molecule has 0 amide bonds. The lowest BCUT2D eigenvalue weighted by Crippen LogP contribution is -2.10. The van der Waals surface area contributed by atoms with Crippen molar-refractivity contribution in [2.75, 3.05) is 4.90 Å². The predicted molar refractivity (Wildman–Crippen MR) is 210 cm³/mol. The lowest BCUT2D eigenvalue weighted by molar-refractivity contribution is 0.672. The van der Waals surface area contributed by atoms with Gasteiger partial charge in [-0.25, -0.2) is 0 Å². The zero-order valence-electron chi connectivity index (χ0n) is 26.5. The van der Waals surface area contributed by atoms with Crippen LogP contribution in [0, 0.1) is 0 Å². The highest BCUT2D eigenvalue weighted by molar-refractivity contribution is 7.26. The van der Waals surface area contributed by atoms with E-state index in [9.17, 15) is 0 Å². The first-order valence-electron chi connectivity index (χ1n) is 16.6. The van der Waals surface area contributed by atoms with Gasteiger partial charge in [-0.2, -0.15) is 0 Å². The van der Waals surface area contributed by atoms with Gasteiger partial charge in [0, 0.05) is 53.1 Å². The Morgan fingerprint density at radius 2 is 1.00 bits per heavy atom. The molecule has 2 aromatic heterocycles. The third-order valence-corrected chi connectivity index (χ3v) is 10.9. The van der Waals surface area contributed by atoms with Crippen LogP contribution < -0.4 is 4.90 Å². The third kappa shape index (κ3) is 4.55. The SMILES string of the molecule is c1ccc(-c2ccc(N(c3ccc(-c4cccc5c4sc4ccccc45)cc3)c3cc4c5ccccc5oc4c4ccccc34)cc2)cc1. The van der Waals surface area contributed by atoms with Crippen molar-refractivity contribution >= 4 is 81.3 Å². The molecule has 0 spiro atoms. The maximum atomic E-state index is 6.48. The van der Waals surface area contributed by atoms with Crippen LogP contribution in [0.5, 0.6) is 0 Å². The Morgan fingerprint density at radius 3 is 1.78 bits per heavy atom. The molecule has 3 heteroatoms. The Labute approximate surface area is 287 Å². The Bertz CT molecular complexity index is 2810. The van der Waals surface area contributed by atoms with Gasteiger partial charge in [0.05, 0.1) is 5.69 Å². The monoisotopic (exact) mass is 643 g/mol. The molecule has 230 valence electrons. The molecule has 0 saturated carbocycles. The maximum Gasteiger partial charge on any atom is 0.143 e. The molecule has 0 aliphatic carbocycles. The molecule has 0 N–H and O–H groups in total. The number of anilines is 3. The Kier molecular flexibility index (Phi) is 6.39. The van der Waals surface area contributed by atoms with Crippen LogP contribution in [0.4, 0.5) is 17.1 Å². The smallest absolute Gasteiger partial charge is 0.143 e. The molecule has 0 saturated heterocycles. The summed E-state index contributed by atoms with van der Waals surface area (Å²) in [5, 5.41) is 7.11. The molecule has 0 atom stereocenters. The zero-order valence-corrected chi connectivity index (χ0v) is 27.3. The first-order chi connectivity index (χ1) is 24.3. The summed E-state index contributed by atoms with van der Waals surface area (Å²) in [5.41, 5.74) is 10.00. The quantitative estimate of drug-likeness (QED) is 0.186. The molecular formula is C46H29NOS. The number of thiophene rings is 1. The van der Waals surface area contributed by atoms with E-state index >= 15 is 0 Å². The van der Waals surface area contributed by atoms with Crippen LogP contribution >= 0.6 is 11.3 Å². The summed E-state index contributed by atoms with van der Waals surface area (Å²) < 4.78 is 9.13. The molecule has 0 bridgehead atoms. The second-order valence-corrected chi connectivity index (χ2v) is 13.5. The van der Waals surface area contributed by atoms with Crippen molar-refractivity contribution < 1.29 is 4.42 Å². The summed E-state index contributed by atoms with van der Waals surface area (Å²) in [6.45, 7) is 0. The van der Waals surface area contributed by atoms with Gasteiger partial charge in [0.25, 0.3) is 0 Å². The lowest BCUT2D eigenvalue weighted by atomic mass is 10.00. The maximum absolute atomic E-state index is 6.48. The number of fused-ring (bicyclic) bond motifs is 8. The molecule has 49 heavy (non-hydrogen) atoms. The molecule has 2 heterocycles. The van der Waals surface area contributed by atoms with Crippen LogP contribution in [0.2, 0.25) is 0 Å². The molecule has 0 fully saturated rings. The average molecular weight is 644 g/mol. The standard InChI is InChI=1S/C46H29NOS/c1-2-11-30(12-3-1)31-21-25-33(26-22-31)47(42-29-41-37-14-6-8-19-43(37)48-45(41)39-16-5-4-13-36(39)42)34-27-23-32(24-28-34)35-17-10-18-40-38-15-7-9-20-44(38)49-46(35)40/h1-29H. The summed E-state index contributed by atoms with van der Waals surface area (Å²) in [7, 11) is 0. The number of hydrogen-bond acceptors (Lipinski definition) is 3. The number of benzene rings is 8. The van der Waals surface area contributed by atoms with Crippen LogP contribution in [0.25, 0.3) is 75.1 Å². The van der Waals surface area contributed by atoms with Crippen LogP contribution in [-0.4, -0.2) is 0 Å². The van der Waals surface area contributed by atoms with E-state index in [2.05, 4.69) is 175 Å². The van der Waals surface area contributed by atoms with Crippen molar-refractivity contribution in [3.8, 4) is 22.3 Å². The van der Waals surface area contributed by atoms with E-state index in [4.69, 9.17) is 4.42 Å². The van der Waals surface area contributed by atoms with Crippen molar-refractivity contribution in [1.82, 2.24) is 0 Å². The normalized spacial score (nSPS) is 11.7. The summed E-state index contributed by atoms with van der Waals surface area (Å²) in [6, 6.07) is 63.2. The summed E-state index contributed by atoms with van der Waals surface area (Å²) in [4.78, 5) is 2.39. The zero-order chi connectivity index (χ0) is 32.3. The highest BCUT2D eigenvalue weighted by Gasteiger charge is 2.21. The van der Waals surface area contributed by atoms with Crippen molar-refractivity contribution in [2.24, 2.45) is 0 Å².